The monoisotopic (exact) mass is 601 g/mol. The number of amides is 2. The molecule has 2 saturated carbocycles. The predicted octanol–water partition coefficient (Wildman–Crippen LogP) is 7.76. The number of hydrogen-bond acceptors (Lipinski definition) is 7. The van der Waals surface area contributed by atoms with Gasteiger partial charge in [0.2, 0.25) is 0 Å². The molecule has 0 unspecified atom stereocenters. The number of carboxylic acids is 1. The average molecular weight is 602 g/mol. The molecule has 1 aliphatic heterocycles. The van der Waals surface area contributed by atoms with Gasteiger partial charge in [0.05, 0.1) is 11.5 Å². The van der Waals surface area contributed by atoms with Crippen LogP contribution in [-0.2, 0) is 21.0 Å². The Morgan fingerprint density at radius 3 is 2.00 bits per heavy atom. The number of hydrogen-bond donors (Lipinski definition) is 3. The van der Waals surface area contributed by atoms with Crippen molar-refractivity contribution in [2.45, 2.75) is 122 Å². The molecule has 42 heavy (non-hydrogen) atoms. The van der Waals surface area contributed by atoms with Crippen molar-refractivity contribution in [2.75, 3.05) is 0 Å². The molecule has 232 valence electrons. The van der Waals surface area contributed by atoms with Gasteiger partial charge in [-0.1, -0.05) is 96.0 Å². The highest BCUT2D eigenvalue weighted by Crippen LogP contribution is 2.30. The van der Waals surface area contributed by atoms with Crippen LogP contribution in [0.2, 0.25) is 0 Å². The largest absolute Gasteiger partial charge is 0.481 e. The Bertz CT molecular complexity index is 1070. The van der Waals surface area contributed by atoms with Gasteiger partial charge in [0.15, 0.2) is 0 Å². The maximum atomic E-state index is 12.2. The van der Waals surface area contributed by atoms with E-state index in [-0.39, 0.29) is 12.6 Å². The van der Waals surface area contributed by atoms with Gasteiger partial charge in [-0.25, -0.2) is 0 Å². The quantitative estimate of drug-likeness (QED) is 0.0905. The summed E-state index contributed by atoms with van der Waals surface area (Å²) in [6, 6.07) is 4.95. The van der Waals surface area contributed by atoms with Crippen LogP contribution in [0.1, 0.15) is 127 Å². The van der Waals surface area contributed by atoms with E-state index < -0.39 is 17.1 Å². The summed E-state index contributed by atoms with van der Waals surface area (Å²) < 4.78 is 5.43. The minimum Gasteiger partial charge on any atom is -0.481 e. The van der Waals surface area contributed by atoms with Crippen LogP contribution in [0.3, 0.4) is 0 Å². The topological polar surface area (TPSA) is 130 Å². The molecule has 9 heteroatoms. The SMILES string of the molecule is O=C(CCCCC1CCCCC1)Oc1ccc(/C=C2\SC(=O)NC2=O)cc1CO.O=C(O)CCCCC1CCCCC1. The fraction of sp³-hybridized carbons (Fsp3) is 0.636. The van der Waals surface area contributed by atoms with Crippen molar-refractivity contribution >= 4 is 40.9 Å². The van der Waals surface area contributed by atoms with E-state index in [0.29, 0.717) is 34.6 Å². The fourth-order valence-corrected chi connectivity index (χ4v) is 6.70. The van der Waals surface area contributed by atoms with Gasteiger partial charge in [-0.2, -0.15) is 0 Å². The number of carbonyl (C=O) groups excluding carboxylic acids is 3. The summed E-state index contributed by atoms with van der Waals surface area (Å²) in [6.07, 6.45) is 22.2. The zero-order valence-electron chi connectivity index (χ0n) is 24.7. The molecule has 1 heterocycles. The highest BCUT2D eigenvalue weighted by atomic mass is 32.2. The molecule has 2 aliphatic carbocycles. The molecule has 0 bridgehead atoms. The Morgan fingerprint density at radius 2 is 1.48 bits per heavy atom. The lowest BCUT2D eigenvalue weighted by Crippen LogP contribution is -2.17. The number of aliphatic hydroxyl groups excluding tert-OH is 1. The average Bonchev–Trinajstić information content (AvgIpc) is 3.31. The molecule has 4 rings (SSSR count). The summed E-state index contributed by atoms with van der Waals surface area (Å²) in [5, 5.41) is 19.9. The Labute approximate surface area is 254 Å². The smallest absolute Gasteiger partial charge is 0.311 e. The van der Waals surface area contributed by atoms with Crippen LogP contribution in [-0.4, -0.2) is 33.3 Å². The van der Waals surface area contributed by atoms with Crippen LogP contribution in [0, 0.1) is 11.8 Å². The van der Waals surface area contributed by atoms with Gasteiger partial charge in [0.25, 0.3) is 11.1 Å². The van der Waals surface area contributed by atoms with E-state index in [9.17, 15) is 24.3 Å². The molecule has 1 aromatic rings. The van der Waals surface area contributed by atoms with E-state index in [1.54, 1.807) is 24.3 Å². The van der Waals surface area contributed by atoms with E-state index in [1.165, 1.54) is 77.0 Å². The van der Waals surface area contributed by atoms with Gasteiger partial charge in [-0.3, -0.25) is 24.5 Å². The van der Waals surface area contributed by atoms with E-state index in [2.05, 4.69) is 5.32 Å². The first-order valence-corrected chi connectivity index (χ1v) is 16.6. The highest BCUT2D eigenvalue weighted by Gasteiger charge is 2.25. The first-order valence-electron chi connectivity index (χ1n) is 15.7. The van der Waals surface area contributed by atoms with Crippen LogP contribution in [0.15, 0.2) is 23.1 Å². The fourth-order valence-electron chi connectivity index (χ4n) is 6.02. The first kappa shape index (κ1) is 33.8. The van der Waals surface area contributed by atoms with Crippen molar-refractivity contribution < 1.29 is 34.1 Å². The number of nitrogens with one attached hydrogen (secondary N) is 1. The zero-order valence-corrected chi connectivity index (χ0v) is 25.6. The lowest BCUT2D eigenvalue weighted by molar-refractivity contribution is -0.137. The third kappa shape index (κ3) is 12.7. The zero-order chi connectivity index (χ0) is 30.2. The lowest BCUT2D eigenvalue weighted by atomic mass is 9.86. The van der Waals surface area contributed by atoms with Crippen molar-refractivity contribution in [1.29, 1.82) is 0 Å². The molecular formula is C33H47NO7S. The number of rotatable bonds is 13. The highest BCUT2D eigenvalue weighted by molar-refractivity contribution is 8.18. The molecule has 1 aromatic carbocycles. The van der Waals surface area contributed by atoms with Crippen LogP contribution in [0.4, 0.5) is 4.79 Å². The Morgan fingerprint density at radius 1 is 0.881 bits per heavy atom. The Hall–Kier alpha value is -2.65. The summed E-state index contributed by atoms with van der Waals surface area (Å²) >= 11 is 0.832. The standard InChI is InChI=1S/C22H27NO5S.C11H20O2/c24-14-17-12-16(13-19-21(26)23-22(27)29-19)10-11-18(17)28-20(25)9-5-4-8-15-6-2-1-3-7-15;12-11(13)9-5-4-8-10-6-2-1-3-7-10/h10-13,15,24H,1-9,14H2,(H,23,26,27);10H,1-9H2,(H,12,13)/b19-13-;. The number of esters is 1. The second-order valence-corrected chi connectivity index (χ2v) is 12.8. The second kappa shape index (κ2) is 18.8. The van der Waals surface area contributed by atoms with Crippen molar-refractivity contribution in [1.82, 2.24) is 5.32 Å². The van der Waals surface area contributed by atoms with Crippen LogP contribution in [0.5, 0.6) is 5.75 Å². The molecule has 0 aromatic heterocycles. The van der Waals surface area contributed by atoms with Gasteiger partial charge in [0.1, 0.15) is 5.75 Å². The van der Waals surface area contributed by atoms with Gasteiger partial charge < -0.3 is 14.9 Å². The third-order valence-electron chi connectivity index (χ3n) is 8.36. The predicted molar refractivity (Wildman–Crippen MR) is 165 cm³/mol. The van der Waals surface area contributed by atoms with Crippen LogP contribution in [0.25, 0.3) is 6.08 Å². The number of thioether (sulfide) groups is 1. The van der Waals surface area contributed by atoms with E-state index in [0.717, 1.165) is 49.3 Å². The number of aliphatic hydroxyl groups is 1. The molecule has 3 N–H and O–H groups in total. The molecule has 3 aliphatic rings. The Balaban J connectivity index is 0.000000312. The molecule has 2 amide bonds. The minimum absolute atomic E-state index is 0.292. The maximum absolute atomic E-state index is 12.2. The van der Waals surface area contributed by atoms with Crippen molar-refractivity contribution in [3.05, 3.63) is 34.2 Å². The van der Waals surface area contributed by atoms with Gasteiger partial charge in [-0.15, -0.1) is 0 Å². The van der Waals surface area contributed by atoms with Crippen molar-refractivity contribution in [3.63, 3.8) is 0 Å². The van der Waals surface area contributed by atoms with E-state index >= 15 is 0 Å². The summed E-state index contributed by atoms with van der Waals surface area (Å²) in [6.45, 7) is -0.292. The number of aliphatic carboxylic acids is 1. The van der Waals surface area contributed by atoms with Gasteiger partial charge in [-0.05, 0) is 60.2 Å². The van der Waals surface area contributed by atoms with Crippen LogP contribution >= 0.6 is 11.8 Å². The minimum atomic E-state index is -0.649. The molecule has 0 spiro atoms. The molecule has 3 fully saturated rings. The molecule has 0 radical (unpaired) electrons. The Kier molecular flexibility index (Phi) is 15.1. The summed E-state index contributed by atoms with van der Waals surface area (Å²) in [5.41, 5.74) is 1.11. The van der Waals surface area contributed by atoms with E-state index in [4.69, 9.17) is 9.84 Å². The summed E-state index contributed by atoms with van der Waals surface area (Å²) in [7, 11) is 0. The number of benzene rings is 1. The van der Waals surface area contributed by atoms with Gasteiger partial charge >= 0.3 is 11.9 Å². The molecule has 8 nitrogen and oxygen atoms in total. The lowest BCUT2D eigenvalue weighted by Gasteiger charge is -2.21. The molecule has 1 saturated heterocycles. The third-order valence-corrected chi connectivity index (χ3v) is 9.17. The molecular weight excluding hydrogens is 554 g/mol. The maximum Gasteiger partial charge on any atom is 0.311 e. The summed E-state index contributed by atoms with van der Waals surface area (Å²) in [5.74, 6) is 0.663. The first-order chi connectivity index (χ1) is 20.3. The number of carboxylic acid groups (broad SMARTS) is 1. The van der Waals surface area contributed by atoms with Crippen molar-refractivity contribution in [3.8, 4) is 5.75 Å². The number of carbonyl (C=O) groups is 4. The van der Waals surface area contributed by atoms with Crippen molar-refractivity contribution in [2.24, 2.45) is 11.8 Å². The molecule has 0 atom stereocenters. The van der Waals surface area contributed by atoms with Crippen LogP contribution < -0.4 is 10.1 Å². The van der Waals surface area contributed by atoms with Gasteiger partial charge in [0, 0.05) is 18.4 Å². The number of imide groups is 1. The number of unbranched alkanes of at least 4 members (excludes halogenated alkanes) is 2. The summed E-state index contributed by atoms with van der Waals surface area (Å²) in [4.78, 5) is 45.6. The van der Waals surface area contributed by atoms with E-state index in [1.807, 2.05) is 0 Å². The number of ether oxygens (including phenoxy) is 1. The second-order valence-electron chi connectivity index (χ2n) is 11.7. The normalized spacial score (nSPS) is 18.8.